The number of hydrogen-bond donors (Lipinski definition) is 0. The van der Waals surface area contributed by atoms with E-state index in [1.807, 2.05) is 0 Å². The molecule has 2 heterocycles. The van der Waals surface area contributed by atoms with Gasteiger partial charge < -0.3 is 18.6 Å². The Labute approximate surface area is 499 Å². The van der Waals surface area contributed by atoms with E-state index in [1.54, 1.807) is 0 Å². The van der Waals surface area contributed by atoms with Crippen molar-refractivity contribution in [1.29, 1.82) is 0 Å². The predicted octanol–water partition coefficient (Wildman–Crippen LogP) is 24.1. The number of hydrogen-bond acceptors (Lipinski definition) is 4. The lowest BCUT2D eigenvalue weighted by molar-refractivity contribution is 0.657. The molecule has 0 aliphatic carbocycles. The Bertz CT molecular complexity index is 5290. The molecule has 0 unspecified atom stereocenters. The van der Waals surface area contributed by atoms with Gasteiger partial charge in [-0.1, -0.05) is 251 Å². The quantitative estimate of drug-likeness (QED) is 0.114. The van der Waals surface area contributed by atoms with Crippen LogP contribution in [0.5, 0.6) is 0 Å². The Morgan fingerprint density at radius 1 is 0.314 bits per heavy atom. The summed E-state index contributed by atoms with van der Waals surface area (Å²) in [4.78, 5) is 4.92. The van der Waals surface area contributed by atoms with Gasteiger partial charge in [0.15, 0.2) is 11.2 Å². The average Bonchev–Trinajstić information content (AvgIpc) is 1.25. The molecule has 14 aromatic carbocycles. The molecule has 16 aromatic rings. The molecule has 0 radical (unpaired) electrons. The largest absolute Gasteiger partial charge is 0.454 e. The van der Waals surface area contributed by atoms with Crippen molar-refractivity contribution in [3.05, 3.63) is 297 Å². The van der Waals surface area contributed by atoms with E-state index in [1.165, 1.54) is 16.3 Å². The molecule has 0 bridgehead atoms. The topological polar surface area (TPSA) is 32.8 Å². The van der Waals surface area contributed by atoms with Crippen molar-refractivity contribution in [3.8, 4) is 44.5 Å². The van der Waals surface area contributed by atoms with Gasteiger partial charge in [-0.25, -0.2) is 0 Å². The highest BCUT2D eigenvalue weighted by molar-refractivity contribution is 6.29. The minimum absolute atomic E-state index is 0.270. The fraction of sp³-hybridized carbons (Fsp3) is 0.0488. The summed E-state index contributed by atoms with van der Waals surface area (Å²) in [5, 5.41) is 11.2. The monoisotopic (exact) mass is 1100 g/mol. The van der Waals surface area contributed by atoms with Crippen LogP contribution < -0.4 is 9.80 Å². The van der Waals surface area contributed by atoms with Crippen molar-refractivity contribution >= 4 is 116 Å². The van der Waals surface area contributed by atoms with E-state index in [0.29, 0.717) is 0 Å². The Kier molecular flexibility index (Phi) is 12.1. The molecule has 0 amide bonds. The Morgan fingerprint density at radius 2 is 0.698 bits per heavy atom. The van der Waals surface area contributed by atoms with Crippen LogP contribution in [0.3, 0.4) is 0 Å². The maximum Gasteiger partial charge on any atom is 0.159 e. The van der Waals surface area contributed by atoms with Gasteiger partial charge in [0.25, 0.3) is 0 Å². The SMILES string of the molecule is C=C(C)c1cccc2c1oc1c(N(c3ccc(-c4ccccc4)cc3-c3ccccc3)c3ccc4ccc5c(N(c6ccc(-c7ccccc7)cc6-c6ccccc6)c6cccc7c6oc6c(C(C)C)cccc67)ccc6ccc3c4c65)cccc12. The zero-order chi connectivity index (χ0) is 57.6. The third kappa shape index (κ3) is 8.20. The van der Waals surface area contributed by atoms with Gasteiger partial charge in [-0.15, -0.1) is 0 Å². The summed E-state index contributed by atoms with van der Waals surface area (Å²) >= 11 is 0. The van der Waals surface area contributed by atoms with Crippen LogP contribution in [0.1, 0.15) is 37.8 Å². The first kappa shape index (κ1) is 50.8. The molecule has 0 aliphatic heterocycles. The number of benzene rings is 14. The maximum absolute atomic E-state index is 7.27. The highest BCUT2D eigenvalue weighted by atomic mass is 16.3. The lowest BCUT2D eigenvalue weighted by Gasteiger charge is -2.31. The van der Waals surface area contributed by atoms with E-state index < -0.39 is 0 Å². The molecular weight excluding hydrogens is 1040 g/mol. The Balaban J connectivity index is 0.989. The summed E-state index contributed by atoms with van der Waals surface area (Å²) in [6, 6.07) is 102. The smallest absolute Gasteiger partial charge is 0.159 e. The summed E-state index contributed by atoms with van der Waals surface area (Å²) in [6.45, 7) is 10.9. The van der Waals surface area contributed by atoms with Crippen LogP contribution >= 0.6 is 0 Å². The highest BCUT2D eigenvalue weighted by Gasteiger charge is 2.29. The van der Waals surface area contributed by atoms with Crippen LogP contribution in [0, 0.1) is 0 Å². The summed E-state index contributed by atoms with van der Waals surface area (Å²) in [5.41, 5.74) is 21.6. The third-order valence-electron chi connectivity index (χ3n) is 17.6. The molecule has 16 rings (SSSR count). The summed E-state index contributed by atoms with van der Waals surface area (Å²) in [6.07, 6.45) is 0. The molecule has 86 heavy (non-hydrogen) atoms. The van der Waals surface area contributed by atoms with Crippen molar-refractivity contribution < 1.29 is 8.83 Å². The van der Waals surface area contributed by atoms with Gasteiger partial charge in [0.1, 0.15) is 11.2 Å². The number of anilines is 6. The predicted molar refractivity (Wildman–Crippen MR) is 365 cm³/mol. The molecule has 0 spiro atoms. The van der Waals surface area contributed by atoms with Crippen molar-refractivity contribution in [2.75, 3.05) is 9.80 Å². The second kappa shape index (κ2) is 20.4. The minimum atomic E-state index is 0.270. The fourth-order valence-corrected chi connectivity index (χ4v) is 13.5. The molecule has 0 aliphatic rings. The molecule has 408 valence electrons. The molecule has 4 heteroatoms. The number of allylic oxidation sites excluding steroid dienone is 1. The number of para-hydroxylation sites is 4. The van der Waals surface area contributed by atoms with E-state index >= 15 is 0 Å². The van der Waals surface area contributed by atoms with Gasteiger partial charge in [-0.05, 0) is 127 Å². The average molecular weight is 1100 g/mol. The molecule has 4 nitrogen and oxygen atoms in total. The maximum atomic E-state index is 7.27. The van der Waals surface area contributed by atoms with Crippen LogP contribution in [0.15, 0.2) is 294 Å². The zero-order valence-electron chi connectivity index (χ0n) is 48.1. The van der Waals surface area contributed by atoms with Crippen LogP contribution in [-0.2, 0) is 0 Å². The lowest BCUT2D eigenvalue weighted by atomic mass is 9.90. The van der Waals surface area contributed by atoms with E-state index in [4.69, 9.17) is 8.83 Å². The van der Waals surface area contributed by atoms with Crippen LogP contribution in [0.2, 0.25) is 0 Å². The fourth-order valence-electron chi connectivity index (χ4n) is 13.5. The second-order valence-corrected chi connectivity index (χ2v) is 23.0. The van der Waals surface area contributed by atoms with Crippen molar-refractivity contribution in [2.45, 2.75) is 26.7 Å². The first-order chi connectivity index (χ1) is 42.3. The summed E-state index contributed by atoms with van der Waals surface area (Å²) in [7, 11) is 0. The molecular formula is C82H58N2O2. The molecule has 0 atom stereocenters. The second-order valence-electron chi connectivity index (χ2n) is 23.0. The van der Waals surface area contributed by atoms with Crippen LogP contribution in [0.4, 0.5) is 34.1 Å². The van der Waals surface area contributed by atoms with Crippen LogP contribution in [0.25, 0.3) is 126 Å². The number of rotatable bonds is 12. The Hall–Kier alpha value is -10.9. The van der Waals surface area contributed by atoms with E-state index in [9.17, 15) is 0 Å². The minimum Gasteiger partial charge on any atom is -0.454 e. The van der Waals surface area contributed by atoms with Gasteiger partial charge in [0, 0.05) is 49.0 Å². The van der Waals surface area contributed by atoms with Crippen molar-refractivity contribution in [1.82, 2.24) is 0 Å². The number of fused-ring (bicyclic) bond motifs is 6. The summed E-state index contributed by atoms with van der Waals surface area (Å²) < 4.78 is 14.5. The van der Waals surface area contributed by atoms with Crippen molar-refractivity contribution in [2.24, 2.45) is 0 Å². The lowest BCUT2D eigenvalue weighted by Crippen LogP contribution is -2.13. The summed E-state index contributed by atoms with van der Waals surface area (Å²) in [5.74, 6) is 0.270. The van der Waals surface area contributed by atoms with E-state index in [0.717, 1.165) is 155 Å². The van der Waals surface area contributed by atoms with Gasteiger partial charge in [-0.2, -0.15) is 0 Å². The zero-order valence-corrected chi connectivity index (χ0v) is 48.1. The van der Waals surface area contributed by atoms with E-state index in [-0.39, 0.29) is 5.92 Å². The highest BCUT2D eigenvalue weighted by Crippen LogP contribution is 2.54. The molecule has 0 N–H and O–H groups in total. The van der Waals surface area contributed by atoms with Crippen molar-refractivity contribution in [3.63, 3.8) is 0 Å². The molecule has 0 saturated heterocycles. The van der Waals surface area contributed by atoms with Gasteiger partial charge >= 0.3 is 0 Å². The van der Waals surface area contributed by atoms with Gasteiger partial charge in [0.2, 0.25) is 0 Å². The van der Waals surface area contributed by atoms with Gasteiger partial charge in [0.05, 0.1) is 34.1 Å². The first-order valence-corrected chi connectivity index (χ1v) is 29.7. The number of furan rings is 2. The normalized spacial score (nSPS) is 11.8. The Morgan fingerprint density at radius 3 is 1.15 bits per heavy atom. The first-order valence-electron chi connectivity index (χ1n) is 29.7. The molecule has 2 aromatic heterocycles. The third-order valence-corrected chi connectivity index (χ3v) is 17.6. The molecule has 0 saturated carbocycles. The number of nitrogens with zero attached hydrogens (tertiary/aromatic N) is 2. The van der Waals surface area contributed by atoms with Crippen LogP contribution in [-0.4, -0.2) is 0 Å². The van der Waals surface area contributed by atoms with E-state index in [2.05, 4.69) is 316 Å². The standard InChI is InChI=1S/C82H58N2O2/c1-51(2)61-29-17-31-63-65-33-19-35-75(81(65)85-79(61)63)83(73-47-41-59(53-21-9-5-10-22-53)49-69(73)55-25-13-7-14-26-55)71-45-39-57-38-44-68-72(46-40-58-37-43-67(71)77(57)78(58)68)84(76-36-20-34-66-64-32-18-30-62(52(3)4)80(64)86-82(66)76)74-48-42-60(54-23-11-6-12-24-54)50-70(74)56-27-15-8-16-28-56/h5-50,52H,1H2,2-4H3. The molecule has 0 fully saturated rings. The van der Waals surface area contributed by atoms with Gasteiger partial charge in [-0.3, -0.25) is 0 Å².